The number of rotatable bonds is 5. The molecule has 0 amide bonds. The second-order valence-electron chi connectivity index (χ2n) is 4.16. The lowest BCUT2D eigenvalue weighted by Gasteiger charge is -2.13. The lowest BCUT2D eigenvalue weighted by Crippen LogP contribution is -2.18. The van der Waals surface area contributed by atoms with Crippen molar-refractivity contribution in [3.05, 3.63) is 10.6 Å². The predicted molar refractivity (Wildman–Crippen MR) is 65.4 cm³/mol. The van der Waals surface area contributed by atoms with Crippen LogP contribution in [-0.2, 0) is 13.0 Å². The van der Waals surface area contributed by atoms with E-state index in [-0.39, 0.29) is 0 Å². The van der Waals surface area contributed by atoms with Crippen molar-refractivity contribution in [3.8, 4) is 0 Å². The van der Waals surface area contributed by atoms with Crippen LogP contribution in [0, 0.1) is 0 Å². The van der Waals surface area contributed by atoms with E-state index >= 15 is 0 Å². The Kier molecular flexibility index (Phi) is 3.26. The molecule has 15 heavy (non-hydrogen) atoms. The minimum Gasteiger partial charge on any atom is -0.348 e. The summed E-state index contributed by atoms with van der Waals surface area (Å²) in [5, 5.41) is 1.15. The molecule has 2 rings (SSSR count). The third kappa shape index (κ3) is 2.32. The van der Waals surface area contributed by atoms with Gasteiger partial charge in [0.05, 0.1) is 5.69 Å². The maximum atomic E-state index is 5.74. The van der Waals surface area contributed by atoms with Crippen LogP contribution in [0.2, 0.25) is 0 Å². The Labute approximate surface area is 95.3 Å². The van der Waals surface area contributed by atoms with Crippen LogP contribution in [0.1, 0.15) is 36.8 Å². The standard InChI is InChI=1S/C11H19N3S/c1-3-4-9-10(7-12)15-11(13-9)14(2)8-5-6-8/h8H,3-7,12H2,1-2H3. The Bertz CT molecular complexity index is 331. The Morgan fingerprint density at radius 2 is 2.27 bits per heavy atom. The number of hydrogen-bond acceptors (Lipinski definition) is 4. The average molecular weight is 225 g/mol. The summed E-state index contributed by atoms with van der Waals surface area (Å²) in [5.41, 5.74) is 6.95. The van der Waals surface area contributed by atoms with Gasteiger partial charge in [0, 0.05) is 24.5 Å². The molecule has 84 valence electrons. The van der Waals surface area contributed by atoms with Gasteiger partial charge in [-0.2, -0.15) is 0 Å². The molecule has 1 aromatic rings. The van der Waals surface area contributed by atoms with Gasteiger partial charge in [0.15, 0.2) is 5.13 Å². The Morgan fingerprint density at radius 3 is 2.80 bits per heavy atom. The van der Waals surface area contributed by atoms with Crippen LogP contribution < -0.4 is 10.6 Å². The molecule has 4 heteroatoms. The fourth-order valence-electron chi connectivity index (χ4n) is 1.73. The second-order valence-corrected chi connectivity index (χ2v) is 5.22. The zero-order chi connectivity index (χ0) is 10.8. The summed E-state index contributed by atoms with van der Waals surface area (Å²) < 4.78 is 0. The maximum Gasteiger partial charge on any atom is 0.185 e. The Balaban J connectivity index is 2.17. The molecule has 1 saturated carbocycles. The number of nitrogens with two attached hydrogens (primary N) is 1. The van der Waals surface area contributed by atoms with Crippen LogP contribution >= 0.6 is 11.3 Å². The van der Waals surface area contributed by atoms with E-state index in [0.29, 0.717) is 6.54 Å². The molecule has 0 aromatic carbocycles. The lowest BCUT2D eigenvalue weighted by atomic mass is 10.2. The molecule has 1 heterocycles. The highest BCUT2D eigenvalue weighted by molar-refractivity contribution is 7.15. The van der Waals surface area contributed by atoms with Crippen LogP contribution in [-0.4, -0.2) is 18.1 Å². The molecular formula is C11H19N3S. The predicted octanol–water partition coefficient (Wildman–Crippen LogP) is 2.15. The molecule has 0 atom stereocenters. The molecule has 1 aromatic heterocycles. The third-order valence-electron chi connectivity index (χ3n) is 2.84. The first-order valence-corrected chi connectivity index (χ1v) is 6.49. The highest BCUT2D eigenvalue weighted by atomic mass is 32.1. The van der Waals surface area contributed by atoms with E-state index in [1.165, 1.54) is 23.4 Å². The van der Waals surface area contributed by atoms with E-state index in [2.05, 4.69) is 18.9 Å². The largest absolute Gasteiger partial charge is 0.348 e. The molecule has 0 unspecified atom stereocenters. The molecule has 2 N–H and O–H groups in total. The van der Waals surface area contributed by atoms with Gasteiger partial charge in [0.25, 0.3) is 0 Å². The molecule has 0 radical (unpaired) electrons. The van der Waals surface area contributed by atoms with Gasteiger partial charge >= 0.3 is 0 Å². The van der Waals surface area contributed by atoms with Crippen LogP contribution in [0.3, 0.4) is 0 Å². The van der Waals surface area contributed by atoms with Crippen LogP contribution in [0.4, 0.5) is 5.13 Å². The number of aromatic nitrogens is 1. The first kappa shape index (κ1) is 10.9. The highest BCUT2D eigenvalue weighted by Gasteiger charge is 2.28. The summed E-state index contributed by atoms with van der Waals surface area (Å²) in [6.45, 7) is 2.81. The van der Waals surface area contributed by atoms with Gasteiger partial charge in [-0.05, 0) is 19.3 Å². The fraction of sp³-hybridized carbons (Fsp3) is 0.727. The van der Waals surface area contributed by atoms with Gasteiger partial charge in [-0.15, -0.1) is 11.3 Å². The fourth-order valence-corrected chi connectivity index (χ4v) is 2.75. The average Bonchev–Trinajstić information content (AvgIpc) is 3.00. The normalized spacial score (nSPS) is 15.7. The molecule has 0 aliphatic heterocycles. The third-order valence-corrected chi connectivity index (χ3v) is 4.05. The summed E-state index contributed by atoms with van der Waals surface area (Å²) in [5.74, 6) is 0. The molecule has 1 fully saturated rings. The monoisotopic (exact) mass is 225 g/mol. The van der Waals surface area contributed by atoms with Crippen molar-refractivity contribution in [3.63, 3.8) is 0 Å². The van der Waals surface area contributed by atoms with Crippen molar-refractivity contribution >= 4 is 16.5 Å². The van der Waals surface area contributed by atoms with E-state index in [4.69, 9.17) is 10.7 Å². The van der Waals surface area contributed by atoms with Crippen LogP contribution in [0.15, 0.2) is 0 Å². The summed E-state index contributed by atoms with van der Waals surface area (Å²) in [6, 6.07) is 0.733. The second kappa shape index (κ2) is 4.49. The molecule has 0 saturated heterocycles. The summed E-state index contributed by atoms with van der Waals surface area (Å²) in [7, 11) is 2.15. The van der Waals surface area contributed by atoms with Crippen molar-refractivity contribution in [1.82, 2.24) is 4.98 Å². The van der Waals surface area contributed by atoms with E-state index < -0.39 is 0 Å². The minimum absolute atomic E-state index is 0.630. The van der Waals surface area contributed by atoms with Crippen molar-refractivity contribution in [1.29, 1.82) is 0 Å². The Morgan fingerprint density at radius 1 is 1.53 bits per heavy atom. The van der Waals surface area contributed by atoms with Gasteiger partial charge in [0.2, 0.25) is 0 Å². The van der Waals surface area contributed by atoms with Crippen molar-refractivity contribution in [2.75, 3.05) is 11.9 Å². The number of hydrogen-bond donors (Lipinski definition) is 1. The molecular weight excluding hydrogens is 206 g/mol. The number of anilines is 1. The number of nitrogens with zero attached hydrogens (tertiary/aromatic N) is 2. The van der Waals surface area contributed by atoms with Gasteiger partial charge in [-0.1, -0.05) is 13.3 Å². The van der Waals surface area contributed by atoms with Crippen LogP contribution in [0.25, 0.3) is 0 Å². The van der Waals surface area contributed by atoms with E-state index in [0.717, 1.165) is 24.0 Å². The smallest absolute Gasteiger partial charge is 0.185 e. The molecule has 1 aliphatic rings. The van der Waals surface area contributed by atoms with Gasteiger partial charge in [0.1, 0.15) is 0 Å². The number of aryl methyl sites for hydroxylation is 1. The molecule has 0 spiro atoms. The Hall–Kier alpha value is -0.610. The van der Waals surface area contributed by atoms with Crippen molar-refractivity contribution < 1.29 is 0 Å². The quantitative estimate of drug-likeness (QED) is 0.835. The zero-order valence-corrected chi connectivity index (χ0v) is 10.3. The van der Waals surface area contributed by atoms with E-state index in [1.54, 1.807) is 11.3 Å². The topological polar surface area (TPSA) is 42.2 Å². The van der Waals surface area contributed by atoms with E-state index in [1.807, 2.05) is 0 Å². The number of thiazole rings is 1. The summed E-state index contributed by atoms with van der Waals surface area (Å²) in [6.07, 6.45) is 4.83. The first-order chi connectivity index (χ1) is 7.26. The first-order valence-electron chi connectivity index (χ1n) is 5.67. The lowest BCUT2D eigenvalue weighted by molar-refractivity contribution is 0.853. The molecule has 3 nitrogen and oxygen atoms in total. The SMILES string of the molecule is CCCc1nc(N(C)C2CC2)sc1CN. The van der Waals surface area contributed by atoms with Gasteiger partial charge in [-0.25, -0.2) is 4.98 Å². The summed E-state index contributed by atoms with van der Waals surface area (Å²) >= 11 is 1.77. The van der Waals surface area contributed by atoms with Gasteiger partial charge < -0.3 is 10.6 Å². The molecule has 1 aliphatic carbocycles. The van der Waals surface area contributed by atoms with Crippen molar-refractivity contribution in [2.24, 2.45) is 5.73 Å². The maximum absolute atomic E-state index is 5.74. The van der Waals surface area contributed by atoms with E-state index in [9.17, 15) is 0 Å². The van der Waals surface area contributed by atoms with Gasteiger partial charge in [-0.3, -0.25) is 0 Å². The van der Waals surface area contributed by atoms with Crippen LogP contribution in [0.5, 0.6) is 0 Å². The highest BCUT2D eigenvalue weighted by Crippen LogP contribution is 2.34. The minimum atomic E-state index is 0.630. The summed E-state index contributed by atoms with van der Waals surface area (Å²) in [4.78, 5) is 8.27. The molecule has 0 bridgehead atoms. The zero-order valence-electron chi connectivity index (χ0n) is 9.49. The van der Waals surface area contributed by atoms with Crippen molar-refractivity contribution in [2.45, 2.75) is 45.2 Å².